The van der Waals surface area contributed by atoms with Crippen LogP contribution < -0.4 is 5.73 Å². The zero-order chi connectivity index (χ0) is 13.2. The SMILES string of the molecule is NC(=NCC(F)(F)c1ccc(Cl)cc1)N1CCC1. The lowest BCUT2D eigenvalue weighted by Crippen LogP contribution is -2.46. The first-order valence-corrected chi connectivity index (χ1v) is 6.05. The van der Waals surface area contributed by atoms with Gasteiger partial charge in [0.2, 0.25) is 0 Å². The Bertz CT molecular complexity index is 441. The van der Waals surface area contributed by atoms with Gasteiger partial charge in [-0.15, -0.1) is 0 Å². The molecule has 6 heteroatoms. The predicted octanol–water partition coefficient (Wildman–Crippen LogP) is 2.45. The molecule has 1 saturated heterocycles. The minimum atomic E-state index is -3.03. The number of guanidine groups is 1. The summed E-state index contributed by atoms with van der Waals surface area (Å²) >= 11 is 5.66. The van der Waals surface area contributed by atoms with Crippen molar-refractivity contribution in [1.29, 1.82) is 0 Å². The minimum Gasteiger partial charge on any atom is -0.370 e. The van der Waals surface area contributed by atoms with Crippen LogP contribution in [0.1, 0.15) is 12.0 Å². The van der Waals surface area contributed by atoms with E-state index in [2.05, 4.69) is 4.99 Å². The third-order valence-electron chi connectivity index (χ3n) is 2.89. The molecule has 1 aliphatic heterocycles. The number of rotatable bonds is 3. The molecule has 0 amide bonds. The van der Waals surface area contributed by atoms with Crippen LogP contribution in [0, 0.1) is 0 Å². The Kier molecular flexibility index (Phi) is 3.71. The van der Waals surface area contributed by atoms with Crippen molar-refractivity contribution < 1.29 is 8.78 Å². The van der Waals surface area contributed by atoms with Gasteiger partial charge in [0.1, 0.15) is 6.54 Å². The van der Waals surface area contributed by atoms with E-state index in [1.165, 1.54) is 24.3 Å². The predicted molar refractivity (Wildman–Crippen MR) is 68.0 cm³/mol. The zero-order valence-electron chi connectivity index (χ0n) is 9.74. The van der Waals surface area contributed by atoms with Gasteiger partial charge in [0.15, 0.2) is 5.96 Å². The van der Waals surface area contributed by atoms with Crippen molar-refractivity contribution in [3.8, 4) is 0 Å². The molecule has 2 rings (SSSR count). The van der Waals surface area contributed by atoms with Crippen molar-refractivity contribution in [3.05, 3.63) is 34.9 Å². The number of likely N-dealkylation sites (tertiary alicyclic amines) is 1. The topological polar surface area (TPSA) is 41.6 Å². The molecule has 0 aromatic heterocycles. The number of benzene rings is 1. The fourth-order valence-electron chi connectivity index (χ4n) is 1.61. The summed E-state index contributed by atoms with van der Waals surface area (Å²) in [5, 5.41) is 0.429. The highest BCUT2D eigenvalue weighted by atomic mass is 35.5. The molecule has 0 aliphatic carbocycles. The molecule has 98 valence electrons. The van der Waals surface area contributed by atoms with Gasteiger partial charge in [-0.3, -0.25) is 0 Å². The lowest BCUT2D eigenvalue weighted by Gasteiger charge is -2.32. The molecule has 0 saturated carbocycles. The van der Waals surface area contributed by atoms with Gasteiger partial charge in [-0.25, -0.2) is 4.99 Å². The Morgan fingerprint density at radius 2 is 1.94 bits per heavy atom. The van der Waals surface area contributed by atoms with Gasteiger partial charge < -0.3 is 10.6 Å². The average Bonchev–Trinajstić information content (AvgIpc) is 2.25. The average molecular weight is 274 g/mol. The van der Waals surface area contributed by atoms with Gasteiger partial charge in [-0.1, -0.05) is 23.7 Å². The van der Waals surface area contributed by atoms with E-state index >= 15 is 0 Å². The van der Waals surface area contributed by atoms with E-state index in [9.17, 15) is 8.78 Å². The summed E-state index contributed by atoms with van der Waals surface area (Å²) in [7, 11) is 0. The van der Waals surface area contributed by atoms with Crippen LogP contribution in [0.3, 0.4) is 0 Å². The van der Waals surface area contributed by atoms with E-state index in [-0.39, 0.29) is 11.5 Å². The highest BCUT2D eigenvalue weighted by Gasteiger charge is 2.31. The summed E-state index contributed by atoms with van der Waals surface area (Å²) in [5.74, 6) is -2.84. The molecule has 3 nitrogen and oxygen atoms in total. The normalized spacial score (nSPS) is 16.6. The van der Waals surface area contributed by atoms with Crippen LogP contribution in [0.5, 0.6) is 0 Å². The third kappa shape index (κ3) is 2.90. The Balaban J connectivity index is 2.04. The Morgan fingerprint density at radius 3 is 2.44 bits per heavy atom. The molecule has 0 atom stereocenters. The standard InChI is InChI=1S/C12H14ClF2N3/c13-10-4-2-9(3-5-10)12(14,15)8-17-11(16)18-6-1-7-18/h2-5H,1,6-8H2,(H2,16,17). The van der Waals surface area contributed by atoms with E-state index < -0.39 is 12.5 Å². The lowest BCUT2D eigenvalue weighted by atomic mass is 10.1. The highest BCUT2D eigenvalue weighted by molar-refractivity contribution is 6.30. The largest absolute Gasteiger partial charge is 0.370 e. The molecule has 0 bridgehead atoms. The van der Waals surface area contributed by atoms with Crippen molar-refractivity contribution in [1.82, 2.24) is 4.90 Å². The number of hydrogen-bond donors (Lipinski definition) is 1. The van der Waals surface area contributed by atoms with Crippen molar-refractivity contribution in [2.75, 3.05) is 19.6 Å². The fourth-order valence-corrected chi connectivity index (χ4v) is 1.74. The Labute approximate surface area is 109 Å². The van der Waals surface area contributed by atoms with Gasteiger partial charge in [0.05, 0.1) is 0 Å². The molecule has 0 spiro atoms. The van der Waals surface area contributed by atoms with E-state index in [1.807, 2.05) is 0 Å². The molecule has 0 radical (unpaired) electrons. The van der Waals surface area contributed by atoms with Crippen LogP contribution in [0.15, 0.2) is 29.3 Å². The molecule has 1 aromatic carbocycles. The second kappa shape index (κ2) is 5.10. The molecule has 18 heavy (non-hydrogen) atoms. The maximum absolute atomic E-state index is 13.8. The quantitative estimate of drug-likeness (QED) is 0.679. The smallest absolute Gasteiger partial charge is 0.292 e. The minimum absolute atomic E-state index is 0.105. The van der Waals surface area contributed by atoms with E-state index in [0.29, 0.717) is 5.02 Å². The fraction of sp³-hybridized carbons (Fsp3) is 0.417. The van der Waals surface area contributed by atoms with Crippen molar-refractivity contribution in [2.45, 2.75) is 12.3 Å². The molecule has 0 unspecified atom stereocenters. The first-order valence-electron chi connectivity index (χ1n) is 5.68. The molecular formula is C12H14ClF2N3. The molecule has 2 N–H and O–H groups in total. The lowest BCUT2D eigenvalue weighted by molar-refractivity contribution is 0.00615. The van der Waals surface area contributed by atoms with Crippen LogP contribution >= 0.6 is 11.6 Å². The molecule has 1 fully saturated rings. The summed E-state index contributed by atoms with van der Waals surface area (Å²) in [6, 6.07) is 5.48. The summed E-state index contributed by atoms with van der Waals surface area (Å²) < 4.78 is 27.6. The second-order valence-corrected chi connectivity index (χ2v) is 4.66. The summed E-state index contributed by atoms with van der Waals surface area (Å²) in [4.78, 5) is 5.53. The highest BCUT2D eigenvalue weighted by Crippen LogP contribution is 2.29. The monoisotopic (exact) mass is 273 g/mol. The van der Waals surface area contributed by atoms with Gasteiger partial charge >= 0.3 is 0 Å². The number of aliphatic imine (C=N–C) groups is 1. The third-order valence-corrected chi connectivity index (χ3v) is 3.14. The summed E-state index contributed by atoms with van der Waals surface area (Å²) in [5.41, 5.74) is 5.51. The van der Waals surface area contributed by atoms with E-state index in [0.717, 1.165) is 19.5 Å². The van der Waals surface area contributed by atoms with E-state index in [1.54, 1.807) is 4.90 Å². The molecule has 1 heterocycles. The second-order valence-electron chi connectivity index (χ2n) is 4.23. The zero-order valence-corrected chi connectivity index (χ0v) is 10.5. The van der Waals surface area contributed by atoms with Crippen LogP contribution in [0.25, 0.3) is 0 Å². The number of nitrogens with two attached hydrogens (primary N) is 1. The first-order chi connectivity index (χ1) is 8.49. The van der Waals surface area contributed by atoms with Crippen LogP contribution in [-0.2, 0) is 5.92 Å². The van der Waals surface area contributed by atoms with Gasteiger partial charge in [-0.05, 0) is 18.6 Å². The van der Waals surface area contributed by atoms with Crippen LogP contribution in [0.2, 0.25) is 5.02 Å². The molecule has 1 aromatic rings. The first kappa shape index (κ1) is 13.1. The van der Waals surface area contributed by atoms with E-state index in [4.69, 9.17) is 17.3 Å². The van der Waals surface area contributed by atoms with Crippen LogP contribution in [0.4, 0.5) is 8.78 Å². The number of hydrogen-bond acceptors (Lipinski definition) is 1. The van der Waals surface area contributed by atoms with Crippen molar-refractivity contribution >= 4 is 17.6 Å². The summed E-state index contributed by atoms with van der Waals surface area (Å²) in [6.07, 6.45) is 1.03. The number of halogens is 3. The maximum Gasteiger partial charge on any atom is 0.292 e. The summed E-state index contributed by atoms with van der Waals surface area (Å²) in [6.45, 7) is 0.945. The van der Waals surface area contributed by atoms with Gasteiger partial charge in [0.25, 0.3) is 5.92 Å². The Hall–Kier alpha value is -1.36. The Morgan fingerprint density at radius 1 is 1.33 bits per heavy atom. The van der Waals surface area contributed by atoms with Crippen LogP contribution in [-0.4, -0.2) is 30.5 Å². The molecular weight excluding hydrogens is 260 g/mol. The van der Waals surface area contributed by atoms with Crippen molar-refractivity contribution in [2.24, 2.45) is 10.7 Å². The maximum atomic E-state index is 13.8. The van der Waals surface area contributed by atoms with Crippen molar-refractivity contribution in [3.63, 3.8) is 0 Å². The van der Waals surface area contributed by atoms with Gasteiger partial charge in [-0.2, -0.15) is 8.78 Å². The number of nitrogens with zero attached hydrogens (tertiary/aromatic N) is 2. The van der Waals surface area contributed by atoms with Gasteiger partial charge in [0, 0.05) is 23.7 Å². The molecule has 1 aliphatic rings. The number of alkyl halides is 2.